The number of hydrogen-bond acceptors (Lipinski definition) is 5. The summed E-state index contributed by atoms with van der Waals surface area (Å²) in [4.78, 5) is 42.2. The SMILES string of the molecule is Cn1c(C(=O)OCC(=O)c2ccccn2)c(-c2ccccc2)c2ccccc2c1=O. The Balaban J connectivity index is 1.80. The fraction of sp³-hybridized carbons (Fsp3) is 0.0833. The van der Waals surface area contributed by atoms with E-state index in [1.165, 1.54) is 17.8 Å². The number of ketones is 1. The van der Waals surface area contributed by atoms with Crippen LogP contribution in [0.5, 0.6) is 0 Å². The Morgan fingerprint density at radius 2 is 1.57 bits per heavy atom. The lowest BCUT2D eigenvalue weighted by Crippen LogP contribution is -2.27. The Labute approximate surface area is 172 Å². The maximum atomic E-state index is 13.0. The van der Waals surface area contributed by atoms with Gasteiger partial charge in [-0.3, -0.25) is 14.6 Å². The van der Waals surface area contributed by atoms with E-state index in [0.717, 1.165) is 5.56 Å². The molecule has 4 aromatic rings. The third-order valence-electron chi connectivity index (χ3n) is 4.84. The second kappa shape index (κ2) is 8.13. The van der Waals surface area contributed by atoms with Gasteiger partial charge in [-0.05, 0) is 29.1 Å². The van der Waals surface area contributed by atoms with Crippen molar-refractivity contribution in [3.05, 3.63) is 101 Å². The van der Waals surface area contributed by atoms with Crippen molar-refractivity contribution < 1.29 is 14.3 Å². The van der Waals surface area contributed by atoms with Gasteiger partial charge in [0.15, 0.2) is 6.61 Å². The van der Waals surface area contributed by atoms with Crippen molar-refractivity contribution in [1.29, 1.82) is 0 Å². The summed E-state index contributed by atoms with van der Waals surface area (Å²) in [7, 11) is 1.53. The average Bonchev–Trinajstić information content (AvgIpc) is 2.80. The summed E-state index contributed by atoms with van der Waals surface area (Å²) in [6, 6.07) is 21.4. The number of carbonyl (C=O) groups is 2. The molecule has 6 nitrogen and oxygen atoms in total. The second-order valence-electron chi connectivity index (χ2n) is 6.71. The lowest BCUT2D eigenvalue weighted by Gasteiger charge is -2.16. The second-order valence-corrected chi connectivity index (χ2v) is 6.71. The van der Waals surface area contributed by atoms with E-state index in [0.29, 0.717) is 16.3 Å². The number of fused-ring (bicyclic) bond motifs is 1. The lowest BCUT2D eigenvalue weighted by atomic mass is 9.97. The van der Waals surface area contributed by atoms with E-state index in [-0.39, 0.29) is 16.9 Å². The predicted molar refractivity (Wildman–Crippen MR) is 113 cm³/mol. The van der Waals surface area contributed by atoms with Crippen molar-refractivity contribution in [2.45, 2.75) is 0 Å². The van der Waals surface area contributed by atoms with Crippen molar-refractivity contribution in [3.8, 4) is 11.1 Å². The van der Waals surface area contributed by atoms with Gasteiger partial charge in [0.1, 0.15) is 11.4 Å². The molecule has 0 spiro atoms. The third-order valence-corrected chi connectivity index (χ3v) is 4.84. The smallest absolute Gasteiger partial charge is 0.356 e. The number of carbonyl (C=O) groups excluding carboxylic acids is 2. The monoisotopic (exact) mass is 398 g/mol. The number of ether oxygens (including phenoxy) is 1. The summed E-state index contributed by atoms with van der Waals surface area (Å²) < 4.78 is 6.58. The first-order valence-electron chi connectivity index (χ1n) is 9.36. The molecule has 0 amide bonds. The predicted octanol–water partition coefficient (Wildman–Crippen LogP) is 3.64. The molecule has 6 heteroatoms. The first-order chi connectivity index (χ1) is 14.6. The van der Waals surface area contributed by atoms with Gasteiger partial charge in [0.05, 0.1) is 0 Å². The number of esters is 1. The normalized spacial score (nSPS) is 10.7. The minimum atomic E-state index is -0.747. The van der Waals surface area contributed by atoms with Crippen LogP contribution in [0.15, 0.2) is 83.8 Å². The van der Waals surface area contributed by atoms with Crippen LogP contribution in [0, 0.1) is 0 Å². The molecule has 2 aromatic heterocycles. The van der Waals surface area contributed by atoms with Gasteiger partial charge >= 0.3 is 5.97 Å². The van der Waals surface area contributed by atoms with E-state index in [1.807, 2.05) is 36.4 Å². The van der Waals surface area contributed by atoms with Crippen LogP contribution < -0.4 is 5.56 Å². The zero-order valence-corrected chi connectivity index (χ0v) is 16.2. The molecule has 0 atom stereocenters. The number of benzene rings is 2. The molecule has 0 bridgehead atoms. The minimum absolute atomic E-state index is 0.0960. The summed E-state index contributed by atoms with van der Waals surface area (Å²) in [6.45, 7) is -0.467. The third kappa shape index (κ3) is 3.51. The standard InChI is InChI=1S/C24H18N2O4/c1-26-22(24(29)30-15-20(27)19-13-7-8-14-25-19)21(16-9-3-2-4-10-16)17-11-5-6-12-18(17)23(26)28/h2-14H,15H2,1H3. The van der Waals surface area contributed by atoms with Crippen molar-refractivity contribution in [2.24, 2.45) is 7.05 Å². The largest absolute Gasteiger partial charge is 0.453 e. The van der Waals surface area contributed by atoms with Gasteiger partial charge in [-0.2, -0.15) is 0 Å². The summed E-state index contributed by atoms with van der Waals surface area (Å²) in [6.07, 6.45) is 1.50. The van der Waals surface area contributed by atoms with Gasteiger partial charge in [-0.1, -0.05) is 54.6 Å². The van der Waals surface area contributed by atoms with E-state index < -0.39 is 18.4 Å². The molecule has 0 aliphatic heterocycles. The van der Waals surface area contributed by atoms with Crippen LogP contribution in [0.4, 0.5) is 0 Å². The Morgan fingerprint density at radius 3 is 2.27 bits per heavy atom. The molecule has 0 aliphatic rings. The molecule has 0 radical (unpaired) electrons. The topological polar surface area (TPSA) is 78.3 Å². The van der Waals surface area contributed by atoms with Gasteiger partial charge < -0.3 is 9.30 Å². The van der Waals surface area contributed by atoms with E-state index in [2.05, 4.69) is 4.98 Å². The van der Waals surface area contributed by atoms with E-state index in [4.69, 9.17) is 4.74 Å². The van der Waals surface area contributed by atoms with Crippen LogP contribution >= 0.6 is 0 Å². The van der Waals surface area contributed by atoms with Gasteiger partial charge in [0.25, 0.3) is 5.56 Å². The highest BCUT2D eigenvalue weighted by atomic mass is 16.5. The van der Waals surface area contributed by atoms with E-state index in [9.17, 15) is 14.4 Å². The maximum Gasteiger partial charge on any atom is 0.356 e. The molecule has 4 rings (SSSR count). The Hall–Kier alpha value is -4.06. The number of rotatable bonds is 5. The van der Waals surface area contributed by atoms with Crippen molar-refractivity contribution >= 4 is 22.5 Å². The highest BCUT2D eigenvalue weighted by Crippen LogP contribution is 2.30. The molecule has 0 saturated heterocycles. The first kappa shape index (κ1) is 19.3. The molecule has 2 heterocycles. The maximum absolute atomic E-state index is 13.0. The molecule has 0 saturated carbocycles. The highest BCUT2D eigenvalue weighted by molar-refractivity contribution is 6.07. The fourth-order valence-electron chi connectivity index (χ4n) is 3.40. The molecule has 148 valence electrons. The zero-order chi connectivity index (χ0) is 21.1. The van der Waals surface area contributed by atoms with Crippen LogP contribution in [-0.2, 0) is 11.8 Å². The fourth-order valence-corrected chi connectivity index (χ4v) is 3.40. The molecule has 0 N–H and O–H groups in total. The molecular formula is C24H18N2O4. The van der Waals surface area contributed by atoms with Gasteiger partial charge in [-0.25, -0.2) is 4.79 Å². The molecule has 30 heavy (non-hydrogen) atoms. The van der Waals surface area contributed by atoms with Crippen LogP contribution in [0.3, 0.4) is 0 Å². The van der Waals surface area contributed by atoms with Crippen molar-refractivity contribution in [1.82, 2.24) is 9.55 Å². The van der Waals surface area contributed by atoms with Crippen molar-refractivity contribution in [2.75, 3.05) is 6.61 Å². The van der Waals surface area contributed by atoms with E-state index in [1.54, 1.807) is 36.4 Å². The highest BCUT2D eigenvalue weighted by Gasteiger charge is 2.23. The summed E-state index contributed by atoms with van der Waals surface area (Å²) in [5.74, 6) is -1.17. The summed E-state index contributed by atoms with van der Waals surface area (Å²) in [5, 5.41) is 1.15. The lowest BCUT2D eigenvalue weighted by molar-refractivity contribution is 0.0464. The molecular weight excluding hydrogens is 380 g/mol. The van der Waals surface area contributed by atoms with Crippen LogP contribution in [0.1, 0.15) is 21.0 Å². The Kier molecular flexibility index (Phi) is 5.22. The van der Waals surface area contributed by atoms with Gasteiger partial charge in [-0.15, -0.1) is 0 Å². The molecule has 0 unspecified atom stereocenters. The average molecular weight is 398 g/mol. The molecule has 0 aliphatic carbocycles. The first-order valence-corrected chi connectivity index (χ1v) is 9.36. The number of hydrogen-bond donors (Lipinski definition) is 0. The quantitative estimate of drug-likeness (QED) is 0.379. The van der Waals surface area contributed by atoms with Crippen LogP contribution in [0.2, 0.25) is 0 Å². The number of nitrogens with zero attached hydrogens (tertiary/aromatic N) is 2. The zero-order valence-electron chi connectivity index (χ0n) is 16.2. The summed E-state index contributed by atoms with van der Waals surface area (Å²) in [5.41, 5.74) is 1.35. The summed E-state index contributed by atoms with van der Waals surface area (Å²) >= 11 is 0. The Morgan fingerprint density at radius 1 is 0.900 bits per heavy atom. The minimum Gasteiger partial charge on any atom is -0.453 e. The van der Waals surface area contributed by atoms with E-state index >= 15 is 0 Å². The number of Topliss-reactive ketones (excluding diaryl/α,β-unsaturated/α-hetero) is 1. The Bertz CT molecular complexity index is 1300. The van der Waals surface area contributed by atoms with Gasteiger partial charge in [0, 0.05) is 24.2 Å². The molecule has 2 aromatic carbocycles. The molecule has 0 fully saturated rings. The van der Waals surface area contributed by atoms with Gasteiger partial charge in [0.2, 0.25) is 5.78 Å². The van der Waals surface area contributed by atoms with Crippen molar-refractivity contribution in [3.63, 3.8) is 0 Å². The van der Waals surface area contributed by atoms with Crippen LogP contribution in [-0.4, -0.2) is 27.9 Å². The van der Waals surface area contributed by atoms with Crippen LogP contribution in [0.25, 0.3) is 21.9 Å². The number of pyridine rings is 2. The number of aromatic nitrogens is 2.